The Kier molecular flexibility index (Phi) is 4.81. The molecule has 6 N–H and O–H groups in total. The Morgan fingerprint density at radius 1 is 1.40 bits per heavy atom. The molecule has 11 nitrogen and oxygen atoms in total. The van der Waals surface area contributed by atoms with Gasteiger partial charge in [-0.1, -0.05) is 0 Å². The summed E-state index contributed by atoms with van der Waals surface area (Å²) in [7, 11) is 1.67. The summed E-state index contributed by atoms with van der Waals surface area (Å²) in [6, 6.07) is -0.378. The summed E-state index contributed by atoms with van der Waals surface area (Å²) in [5, 5.41) is 26.0. The highest BCUT2D eigenvalue weighted by Gasteiger charge is 2.44. The second-order valence-corrected chi connectivity index (χ2v) is 5.88. The van der Waals surface area contributed by atoms with E-state index in [0.29, 0.717) is 11.2 Å². The molecule has 1 aliphatic rings. The first-order chi connectivity index (χ1) is 11.9. The molecule has 0 saturated carbocycles. The number of aliphatic hydroxyl groups is 2. The Morgan fingerprint density at radius 3 is 2.88 bits per heavy atom. The molecule has 0 radical (unpaired) electrons. The van der Waals surface area contributed by atoms with Crippen LogP contribution in [0, 0.1) is 0 Å². The number of nitrogens with one attached hydrogen (secondary N) is 2. The van der Waals surface area contributed by atoms with Crippen LogP contribution < -0.4 is 16.4 Å². The first-order valence-electron chi connectivity index (χ1n) is 7.83. The Hall–Kier alpha value is -2.34. The molecule has 1 saturated heterocycles. The Labute approximate surface area is 143 Å². The SMILES string of the molecule is CN[C@@H](C)C(=O)NC[C@H]1O[C@@H](n2cnc3c(N)ncnc32)[C@H](O)[C@@H]1O. The zero-order chi connectivity index (χ0) is 18.1. The first kappa shape index (κ1) is 17.5. The van der Waals surface area contributed by atoms with Crippen molar-refractivity contribution in [3.05, 3.63) is 12.7 Å². The number of imidazole rings is 1. The van der Waals surface area contributed by atoms with Crippen LogP contribution >= 0.6 is 0 Å². The first-order valence-corrected chi connectivity index (χ1v) is 7.83. The van der Waals surface area contributed by atoms with E-state index in [1.807, 2.05) is 0 Å². The molecule has 136 valence electrons. The quantitative estimate of drug-likeness (QED) is 0.401. The number of carbonyl (C=O) groups is 1. The average molecular weight is 351 g/mol. The summed E-state index contributed by atoms with van der Waals surface area (Å²) < 4.78 is 7.21. The fraction of sp³-hybridized carbons (Fsp3) is 0.571. The number of rotatable bonds is 5. The van der Waals surface area contributed by atoms with Crippen molar-refractivity contribution in [1.29, 1.82) is 0 Å². The number of amides is 1. The van der Waals surface area contributed by atoms with E-state index in [0.717, 1.165) is 0 Å². The number of hydrogen-bond acceptors (Lipinski definition) is 9. The van der Waals surface area contributed by atoms with E-state index in [4.69, 9.17) is 10.5 Å². The van der Waals surface area contributed by atoms with Crippen LogP contribution in [0.2, 0.25) is 0 Å². The van der Waals surface area contributed by atoms with E-state index in [9.17, 15) is 15.0 Å². The van der Waals surface area contributed by atoms with Crippen molar-refractivity contribution in [2.24, 2.45) is 0 Å². The van der Waals surface area contributed by atoms with Crippen molar-refractivity contribution in [3.63, 3.8) is 0 Å². The molecular weight excluding hydrogens is 330 g/mol. The van der Waals surface area contributed by atoms with E-state index in [-0.39, 0.29) is 24.3 Å². The van der Waals surface area contributed by atoms with Crippen molar-refractivity contribution in [3.8, 4) is 0 Å². The Morgan fingerprint density at radius 2 is 2.16 bits per heavy atom. The minimum atomic E-state index is -1.21. The number of likely N-dealkylation sites (N-methyl/N-ethyl adjacent to an activating group) is 1. The average Bonchev–Trinajstić information content (AvgIpc) is 3.15. The molecule has 2 aromatic rings. The van der Waals surface area contributed by atoms with Gasteiger partial charge in [-0.2, -0.15) is 0 Å². The molecule has 5 atom stereocenters. The van der Waals surface area contributed by atoms with Gasteiger partial charge in [0.2, 0.25) is 5.91 Å². The van der Waals surface area contributed by atoms with E-state index < -0.39 is 24.5 Å². The minimum absolute atomic E-state index is 0.0589. The molecule has 25 heavy (non-hydrogen) atoms. The number of nitrogens with two attached hydrogens (primary N) is 1. The number of aromatic nitrogens is 4. The molecule has 0 spiro atoms. The molecule has 0 unspecified atom stereocenters. The molecule has 1 amide bonds. The Bertz CT molecular complexity index is 767. The van der Waals surface area contributed by atoms with Crippen molar-refractivity contribution in [2.75, 3.05) is 19.3 Å². The van der Waals surface area contributed by atoms with Gasteiger partial charge in [0.1, 0.15) is 30.2 Å². The number of carbonyl (C=O) groups excluding carboxylic acids is 1. The number of ether oxygens (including phenoxy) is 1. The maximum atomic E-state index is 11.8. The van der Waals surface area contributed by atoms with Crippen LogP contribution in [0.1, 0.15) is 13.2 Å². The van der Waals surface area contributed by atoms with E-state index in [1.54, 1.807) is 14.0 Å². The predicted octanol–water partition coefficient (Wildman–Crippen LogP) is -2.25. The van der Waals surface area contributed by atoms with Crippen LogP contribution in [0.15, 0.2) is 12.7 Å². The highest BCUT2D eigenvalue weighted by Crippen LogP contribution is 2.31. The lowest BCUT2D eigenvalue weighted by atomic mass is 10.1. The molecule has 0 aliphatic carbocycles. The van der Waals surface area contributed by atoms with Crippen LogP contribution in [0.4, 0.5) is 5.82 Å². The molecule has 3 heterocycles. The third-order valence-electron chi connectivity index (χ3n) is 4.30. The summed E-state index contributed by atoms with van der Waals surface area (Å²) in [5.74, 6) is -0.0218. The Balaban J connectivity index is 1.75. The molecule has 0 aromatic carbocycles. The minimum Gasteiger partial charge on any atom is -0.387 e. The fourth-order valence-electron chi connectivity index (χ4n) is 2.67. The van der Waals surface area contributed by atoms with Gasteiger partial charge in [0.25, 0.3) is 0 Å². The lowest BCUT2D eigenvalue weighted by molar-refractivity contribution is -0.123. The van der Waals surface area contributed by atoms with Crippen molar-refractivity contribution in [2.45, 2.75) is 37.5 Å². The molecule has 1 aliphatic heterocycles. The highest BCUT2D eigenvalue weighted by atomic mass is 16.6. The van der Waals surface area contributed by atoms with Gasteiger partial charge in [-0.3, -0.25) is 9.36 Å². The van der Waals surface area contributed by atoms with Crippen molar-refractivity contribution in [1.82, 2.24) is 30.2 Å². The van der Waals surface area contributed by atoms with Gasteiger partial charge in [-0.05, 0) is 14.0 Å². The third kappa shape index (κ3) is 3.14. The van der Waals surface area contributed by atoms with Crippen LogP contribution in [0.3, 0.4) is 0 Å². The monoisotopic (exact) mass is 351 g/mol. The lowest BCUT2D eigenvalue weighted by Gasteiger charge is -2.17. The van der Waals surface area contributed by atoms with E-state index >= 15 is 0 Å². The summed E-state index contributed by atoms with van der Waals surface area (Å²) in [5.41, 5.74) is 6.52. The van der Waals surface area contributed by atoms with Gasteiger partial charge < -0.3 is 31.3 Å². The fourth-order valence-corrected chi connectivity index (χ4v) is 2.67. The maximum Gasteiger partial charge on any atom is 0.236 e. The van der Waals surface area contributed by atoms with Crippen molar-refractivity contribution < 1.29 is 19.7 Å². The van der Waals surface area contributed by atoms with Gasteiger partial charge >= 0.3 is 0 Å². The summed E-state index contributed by atoms with van der Waals surface area (Å²) in [6.45, 7) is 1.77. The number of aliphatic hydroxyl groups excluding tert-OH is 2. The number of nitrogen functional groups attached to an aromatic ring is 1. The third-order valence-corrected chi connectivity index (χ3v) is 4.30. The van der Waals surface area contributed by atoms with Gasteiger partial charge in [-0.25, -0.2) is 15.0 Å². The van der Waals surface area contributed by atoms with E-state index in [1.165, 1.54) is 17.2 Å². The van der Waals surface area contributed by atoms with Gasteiger partial charge in [0.15, 0.2) is 17.7 Å². The van der Waals surface area contributed by atoms with Crippen LogP contribution in [0.25, 0.3) is 11.2 Å². The number of nitrogens with zero attached hydrogens (tertiary/aromatic N) is 4. The maximum absolute atomic E-state index is 11.8. The summed E-state index contributed by atoms with van der Waals surface area (Å²) in [4.78, 5) is 23.9. The zero-order valence-corrected chi connectivity index (χ0v) is 13.8. The molecule has 3 rings (SSSR count). The largest absolute Gasteiger partial charge is 0.387 e. The number of anilines is 1. The molecule has 1 fully saturated rings. The smallest absolute Gasteiger partial charge is 0.236 e. The number of fused-ring (bicyclic) bond motifs is 1. The van der Waals surface area contributed by atoms with Crippen LogP contribution in [-0.4, -0.2) is 73.6 Å². The molecular formula is C14H21N7O4. The topological polar surface area (TPSA) is 160 Å². The van der Waals surface area contributed by atoms with Crippen molar-refractivity contribution >= 4 is 22.9 Å². The summed E-state index contributed by atoms with van der Waals surface area (Å²) in [6.07, 6.45) is -1.36. The highest BCUT2D eigenvalue weighted by molar-refractivity contribution is 5.81. The second kappa shape index (κ2) is 6.88. The van der Waals surface area contributed by atoms with Crippen LogP contribution in [0.5, 0.6) is 0 Å². The zero-order valence-electron chi connectivity index (χ0n) is 13.8. The van der Waals surface area contributed by atoms with Gasteiger partial charge in [-0.15, -0.1) is 0 Å². The molecule has 2 aromatic heterocycles. The summed E-state index contributed by atoms with van der Waals surface area (Å²) >= 11 is 0. The lowest BCUT2D eigenvalue weighted by Crippen LogP contribution is -2.45. The standard InChI is InChI=1S/C14H21N7O4/c1-6(16-2)13(24)17-3-7-9(22)10(23)14(25-7)21-5-20-8-11(15)18-4-19-12(8)21/h4-7,9-10,14,16,22-23H,3H2,1-2H3,(H,17,24)(H2,15,18,19)/t6-,7+,9+,10+,14+/m0/s1. The predicted molar refractivity (Wildman–Crippen MR) is 87.2 cm³/mol. The second-order valence-electron chi connectivity index (χ2n) is 5.88. The normalized spacial score (nSPS) is 27.5. The molecule has 0 bridgehead atoms. The van der Waals surface area contributed by atoms with Crippen LogP contribution in [-0.2, 0) is 9.53 Å². The van der Waals surface area contributed by atoms with E-state index in [2.05, 4.69) is 25.6 Å². The van der Waals surface area contributed by atoms with Gasteiger partial charge in [0.05, 0.1) is 12.4 Å². The molecule has 11 heteroatoms. The number of hydrogen-bond donors (Lipinski definition) is 5. The van der Waals surface area contributed by atoms with Gasteiger partial charge in [0, 0.05) is 6.54 Å².